The van der Waals surface area contributed by atoms with Gasteiger partial charge in [0, 0.05) is 44.5 Å². The maximum atomic E-state index is 13.5. The number of amides is 3. The molecule has 8 heteroatoms. The van der Waals surface area contributed by atoms with Crippen LogP contribution < -0.4 is 5.32 Å². The van der Waals surface area contributed by atoms with Gasteiger partial charge in [-0.25, -0.2) is 0 Å². The molecule has 3 aromatic rings. The van der Waals surface area contributed by atoms with E-state index in [0.717, 1.165) is 29.3 Å². The van der Waals surface area contributed by atoms with E-state index in [-0.39, 0.29) is 36.1 Å². The maximum Gasteiger partial charge on any atom is 0.275 e. The van der Waals surface area contributed by atoms with Crippen molar-refractivity contribution in [2.75, 3.05) is 26.2 Å². The number of hydrogen-bond donors (Lipinski definition) is 1. The molecule has 0 radical (unpaired) electrons. The Labute approximate surface area is 204 Å². The van der Waals surface area contributed by atoms with Crippen LogP contribution in [-0.2, 0) is 16.6 Å². The zero-order valence-electron chi connectivity index (χ0n) is 20.0. The number of para-hydroxylation sites is 1. The normalized spacial score (nSPS) is 19.8. The van der Waals surface area contributed by atoms with Gasteiger partial charge in [-0.15, -0.1) is 0 Å². The van der Waals surface area contributed by atoms with E-state index in [1.165, 1.54) is 0 Å². The first kappa shape index (κ1) is 23.1. The van der Waals surface area contributed by atoms with Gasteiger partial charge in [-0.05, 0) is 30.9 Å². The summed E-state index contributed by atoms with van der Waals surface area (Å²) in [6, 6.07) is 17.1. The number of carbonyl (C=O) groups is 3. The van der Waals surface area contributed by atoms with Gasteiger partial charge in [0.1, 0.15) is 0 Å². The average molecular weight is 474 g/mol. The number of benzene rings is 2. The molecule has 1 N–H and O–H groups in total. The Balaban J connectivity index is 1.40. The molecule has 2 heterocycles. The summed E-state index contributed by atoms with van der Waals surface area (Å²) in [4.78, 5) is 43.3. The van der Waals surface area contributed by atoms with E-state index in [4.69, 9.17) is 0 Å². The van der Waals surface area contributed by atoms with Crippen LogP contribution >= 0.6 is 0 Å². The molecule has 35 heavy (non-hydrogen) atoms. The van der Waals surface area contributed by atoms with Crippen molar-refractivity contribution in [3.63, 3.8) is 0 Å². The van der Waals surface area contributed by atoms with Gasteiger partial charge in [0.25, 0.3) is 5.91 Å². The summed E-state index contributed by atoms with van der Waals surface area (Å²) < 4.78 is 1.72. The third-order valence-electron chi connectivity index (χ3n) is 6.93. The highest BCUT2D eigenvalue weighted by Gasteiger charge is 2.37. The maximum absolute atomic E-state index is 13.5. The molecule has 1 atom stereocenters. The lowest BCUT2D eigenvalue weighted by Gasteiger charge is -2.32. The number of nitrogens with one attached hydrogen (secondary N) is 1. The molecule has 1 saturated carbocycles. The Morgan fingerprint density at radius 1 is 0.971 bits per heavy atom. The minimum atomic E-state index is -0.314. The van der Waals surface area contributed by atoms with Crippen LogP contribution in [0.15, 0.2) is 54.6 Å². The van der Waals surface area contributed by atoms with E-state index in [9.17, 15) is 14.4 Å². The lowest BCUT2D eigenvalue weighted by molar-refractivity contribution is -0.136. The Hall–Kier alpha value is -3.68. The van der Waals surface area contributed by atoms with E-state index in [1.54, 1.807) is 9.58 Å². The molecule has 1 unspecified atom stereocenters. The van der Waals surface area contributed by atoms with Crippen LogP contribution in [0.5, 0.6) is 0 Å². The number of aromatic nitrogens is 2. The summed E-state index contributed by atoms with van der Waals surface area (Å²) in [6.07, 6.45) is 2.65. The summed E-state index contributed by atoms with van der Waals surface area (Å²) in [7, 11) is 1.83. The molecule has 2 fully saturated rings. The molecule has 3 amide bonds. The van der Waals surface area contributed by atoms with E-state index >= 15 is 0 Å². The fourth-order valence-electron chi connectivity index (χ4n) is 4.91. The van der Waals surface area contributed by atoms with Crippen molar-refractivity contribution in [1.29, 1.82) is 0 Å². The van der Waals surface area contributed by atoms with Gasteiger partial charge in [0.05, 0.1) is 18.0 Å². The van der Waals surface area contributed by atoms with Crippen LogP contribution in [0.2, 0.25) is 0 Å². The predicted molar refractivity (Wildman–Crippen MR) is 132 cm³/mol. The largest absolute Gasteiger partial charge is 0.354 e. The molecule has 0 bridgehead atoms. The average Bonchev–Trinajstić information content (AvgIpc) is 3.68. The lowest BCUT2D eigenvalue weighted by atomic mass is 10.0. The molecular formula is C27H31N5O3. The highest BCUT2D eigenvalue weighted by molar-refractivity contribution is 6.04. The van der Waals surface area contributed by atoms with Crippen molar-refractivity contribution in [3.05, 3.63) is 65.9 Å². The summed E-state index contributed by atoms with van der Waals surface area (Å²) >= 11 is 0. The quantitative estimate of drug-likeness (QED) is 0.634. The second-order valence-electron chi connectivity index (χ2n) is 9.42. The third kappa shape index (κ3) is 4.92. The molecule has 5 rings (SSSR count). The molecule has 0 spiro atoms. The summed E-state index contributed by atoms with van der Waals surface area (Å²) in [5.41, 5.74) is 2.27. The van der Waals surface area contributed by atoms with Crippen molar-refractivity contribution < 1.29 is 14.4 Å². The predicted octanol–water partition coefficient (Wildman–Crippen LogP) is 2.91. The highest BCUT2D eigenvalue weighted by atomic mass is 16.2. The van der Waals surface area contributed by atoms with Crippen LogP contribution in [0.3, 0.4) is 0 Å². The molecule has 1 aliphatic carbocycles. The molecule has 182 valence electrons. The Morgan fingerprint density at radius 2 is 1.71 bits per heavy atom. The zero-order valence-corrected chi connectivity index (χ0v) is 20.0. The fraction of sp³-hybridized carbons (Fsp3) is 0.407. The Morgan fingerprint density at radius 3 is 2.49 bits per heavy atom. The second-order valence-corrected chi connectivity index (χ2v) is 9.42. The number of hydrogen-bond acceptors (Lipinski definition) is 4. The number of fused-ring (bicyclic) bond motifs is 1. The number of rotatable bonds is 3. The van der Waals surface area contributed by atoms with E-state index in [2.05, 4.69) is 10.4 Å². The summed E-state index contributed by atoms with van der Waals surface area (Å²) in [6.45, 7) is 1.72. The minimum Gasteiger partial charge on any atom is -0.354 e. The second kappa shape index (κ2) is 9.90. The zero-order chi connectivity index (χ0) is 24.4. The minimum absolute atomic E-state index is 0.0482. The van der Waals surface area contributed by atoms with Crippen LogP contribution in [-0.4, -0.2) is 63.5 Å². The van der Waals surface area contributed by atoms with E-state index < -0.39 is 0 Å². The van der Waals surface area contributed by atoms with Crippen LogP contribution in [0.25, 0.3) is 10.9 Å². The standard InChI is InChI=1S/C27H31N5O3/c1-30-22-11-6-5-10-21(22)25(29-30)27(35)31-15-7-16-32(26(34)20-12-13-20)23(18-24(33)28-14-17-31)19-8-3-2-4-9-19/h2-6,8-11,20,23H,7,12-18H2,1H3,(H,28,33). The molecule has 8 nitrogen and oxygen atoms in total. The van der Waals surface area contributed by atoms with E-state index in [0.29, 0.717) is 38.3 Å². The van der Waals surface area contributed by atoms with Gasteiger partial charge in [0.15, 0.2) is 5.69 Å². The van der Waals surface area contributed by atoms with Crippen molar-refractivity contribution in [1.82, 2.24) is 24.9 Å². The molecule has 1 aromatic heterocycles. The number of carbonyl (C=O) groups excluding carboxylic acids is 3. The van der Waals surface area contributed by atoms with Gasteiger partial charge < -0.3 is 15.1 Å². The van der Waals surface area contributed by atoms with Gasteiger partial charge >= 0.3 is 0 Å². The van der Waals surface area contributed by atoms with Crippen molar-refractivity contribution in [2.24, 2.45) is 13.0 Å². The smallest absolute Gasteiger partial charge is 0.275 e. The topological polar surface area (TPSA) is 87.5 Å². The van der Waals surface area contributed by atoms with Crippen LogP contribution in [0.1, 0.15) is 47.8 Å². The summed E-state index contributed by atoms with van der Waals surface area (Å²) in [5, 5.41) is 8.27. The first-order valence-corrected chi connectivity index (χ1v) is 12.4. The van der Waals surface area contributed by atoms with Gasteiger partial charge in [-0.1, -0.05) is 48.5 Å². The lowest BCUT2D eigenvalue weighted by Crippen LogP contribution is -2.39. The van der Waals surface area contributed by atoms with Crippen molar-refractivity contribution in [3.8, 4) is 0 Å². The fourth-order valence-corrected chi connectivity index (χ4v) is 4.91. The Bertz CT molecular complexity index is 1230. The number of nitrogens with zero attached hydrogens (tertiary/aromatic N) is 4. The monoisotopic (exact) mass is 473 g/mol. The van der Waals surface area contributed by atoms with Crippen LogP contribution in [0, 0.1) is 5.92 Å². The summed E-state index contributed by atoms with van der Waals surface area (Å²) in [5.74, 6) is -0.119. The SMILES string of the molecule is Cn1nc(C(=O)N2CCCN(C(=O)C3CC3)C(c3ccccc3)CC(=O)NCC2)c2ccccc21. The number of aryl methyl sites for hydroxylation is 1. The van der Waals surface area contributed by atoms with Gasteiger partial charge in [-0.2, -0.15) is 5.10 Å². The highest BCUT2D eigenvalue weighted by Crippen LogP contribution is 2.35. The molecule has 2 aliphatic rings. The van der Waals surface area contributed by atoms with Gasteiger partial charge in [0.2, 0.25) is 11.8 Å². The molecule has 2 aromatic carbocycles. The van der Waals surface area contributed by atoms with Crippen LogP contribution in [0.4, 0.5) is 0 Å². The molecule has 1 saturated heterocycles. The molecular weight excluding hydrogens is 442 g/mol. The van der Waals surface area contributed by atoms with Crippen molar-refractivity contribution in [2.45, 2.75) is 31.7 Å². The third-order valence-corrected chi connectivity index (χ3v) is 6.93. The first-order chi connectivity index (χ1) is 17.0. The van der Waals surface area contributed by atoms with E-state index in [1.807, 2.05) is 66.5 Å². The van der Waals surface area contributed by atoms with Gasteiger partial charge in [-0.3, -0.25) is 19.1 Å². The molecule has 1 aliphatic heterocycles. The van der Waals surface area contributed by atoms with Crippen molar-refractivity contribution >= 4 is 28.6 Å². The first-order valence-electron chi connectivity index (χ1n) is 12.4. The Kier molecular flexibility index (Phi) is 6.53.